The molecule has 0 saturated heterocycles. The van der Waals surface area contributed by atoms with Crippen molar-refractivity contribution < 1.29 is 5.21 Å². The van der Waals surface area contributed by atoms with Crippen molar-refractivity contribution in [1.29, 1.82) is 0 Å². The van der Waals surface area contributed by atoms with Crippen LogP contribution in [0.5, 0.6) is 0 Å². The van der Waals surface area contributed by atoms with E-state index >= 15 is 0 Å². The minimum absolute atomic E-state index is 0.0457. The van der Waals surface area contributed by atoms with Crippen molar-refractivity contribution >= 4 is 28.5 Å². The zero-order chi connectivity index (χ0) is 16.7. The molecule has 0 saturated carbocycles. The third-order valence-electron chi connectivity index (χ3n) is 3.30. The molecule has 1 aromatic carbocycles. The summed E-state index contributed by atoms with van der Waals surface area (Å²) in [6.45, 7) is 0. The molecule has 0 aliphatic rings. The summed E-state index contributed by atoms with van der Waals surface area (Å²) in [7, 11) is 2.73. The summed E-state index contributed by atoms with van der Waals surface area (Å²) in [6.07, 6.45) is 0. The van der Waals surface area contributed by atoms with E-state index in [1.54, 1.807) is 24.3 Å². The number of aryl methyl sites for hydroxylation is 1. The average Bonchev–Trinajstić information content (AvgIpc) is 2.54. The van der Waals surface area contributed by atoms with Crippen LogP contribution in [0, 0.1) is 0 Å². The molecule has 0 fully saturated rings. The minimum atomic E-state index is -0.701. The van der Waals surface area contributed by atoms with Gasteiger partial charge < -0.3 is 5.21 Å². The highest BCUT2D eigenvalue weighted by molar-refractivity contribution is 6.30. The number of aromatic nitrogens is 5. The number of hydrogen-bond donors (Lipinski definition) is 1. The Hall–Kier alpha value is -2.94. The van der Waals surface area contributed by atoms with Gasteiger partial charge >= 0.3 is 5.69 Å². The Kier molecular flexibility index (Phi) is 3.49. The van der Waals surface area contributed by atoms with Gasteiger partial charge in [-0.25, -0.2) is 9.79 Å². The molecule has 0 bridgehead atoms. The second-order valence-electron chi connectivity index (χ2n) is 4.78. The molecule has 0 amide bonds. The summed E-state index contributed by atoms with van der Waals surface area (Å²) in [5, 5.41) is 18.4. The summed E-state index contributed by atoms with van der Waals surface area (Å²) in [6, 6.07) is 6.48. The molecule has 0 atom stereocenters. The Balaban J connectivity index is 2.38. The molecule has 0 radical (unpaired) electrons. The van der Waals surface area contributed by atoms with Crippen LogP contribution in [0.15, 0.2) is 38.8 Å². The van der Waals surface area contributed by atoms with Crippen LogP contribution in [0.3, 0.4) is 0 Å². The fourth-order valence-electron chi connectivity index (χ4n) is 2.05. The van der Waals surface area contributed by atoms with E-state index in [0.29, 0.717) is 15.4 Å². The van der Waals surface area contributed by atoms with Crippen LogP contribution in [0.1, 0.15) is 0 Å². The Morgan fingerprint density at radius 3 is 2.39 bits per heavy atom. The van der Waals surface area contributed by atoms with E-state index in [1.807, 2.05) is 0 Å². The summed E-state index contributed by atoms with van der Waals surface area (Å²) in [5.74, 6) is 0. The lowest BCUT2D eigenvalue weighted by Crippen LogP contribution is -2.41. The van der Waals surface area contributed by atoms with Gasteiger partial charge in [0, 0.05) is 19.1 Å². The Labute approximate surface area is 133 Å². The van der Waals surface area contributed by atoms with Crippen LogP contribution in [0.2, 0.25) is 5.02 Å². The van der Waals surface area contributed by atoms with Gasteiger partial charge in [-0.2, -0.15) is 0 Å². The smallest absolute Gasteiger partial charge is 0.332 e. The standard InChI is InChI=1S/C13H11ClN6O3/c1-18-10-9(11(21)19(2)13(18)22)20(23)12(17-16-10)15-8-5-3-7(14)4-6-8/h3-6,23H,1-2H3. The Morgan fingerprint density at radius 1 is 1.09 bits per heavy atom. The molecule has 3 aromatic rings. The van der Waals surface area contributed by atoms with Crippen molar-refractivity contribution in [3.05, 3.63) is 55.7 Å². The first-order chi connectivity index (χ1) is 10.9. The molecule has 0 unspecified atom stereocenters. The SMILES string of the molecule is Cn1c(=O)c2c(nnc(=Nc3ccc(Cl)cc3)n2O)n(C)c1=O. The van der Waals surface area contributed by atoms with E-state index < -0.39 is 11.2 Å². The number of nitrogens with zero attached hydrogens (tertiary/aromatic N) is 6. The largest absolute Gasteiger partial charge is 0.425 e. The summed E-state index contributed by atoms with van der Waals surface area (Å²) < 4.78 is 2.49. The van der Waals surface area contributed by atoms with Crippen molar-refractivity contribution in [2.24, 2.45) is 19.1 Å². The Bertz CT molecular complexity index is 1090. The summed E-state index contributed by atoms with van der Waals surface area (Å²) in [4.78, 5) is 28.2. The normalized spacial score (nSPS) is 12.0. The average molecular weight is 335 g/mol. The quantitative estimate of drug-likeness (QED) is 0.628. The van der Waals surface area contributed by atoms with E-state index in [0.717, 1.165) is 9.13 Å². The van der Waals surface area contributed by atoms with Crippen LogP contribution in [0.4, 0.5) is 5.69 Å². The number of benzene rings is 1. The number of halogens is 1. The first-order valence-corrected chi connectivity index (χ1v) is 6.83. The molecule has 10 heteroatoms. The second kappa shape index (κ2) is 5.36. The van der Waals surface area contributed by atoms with Crippen LogP contribution in [0.25, 0.3) is 11.2 Å². The molecular formula is C13H11ClN6O3. The van der Waals surface area contributed by atoms with E-state index in [1.165, 1.54) is 14.1 Å². The summed E-state index contributed by atoms with van der Waals surface area (Å²) in [5.41, 5.74) is -1.25. The number of rotatable bonds is 1. The van der Waals surface area contributed by atoms with Gasteiger partial charge in [0.15, 0.2) is 11.2 Å². The molecule has 2 aromatic heterocycles. The van der Waals surface area contributed by atoms with Crippen LogP contribution < -0.4 is 16.9 Å². The van der Waals surface area contributed by atoms with Gasteiger partial charge in [-0.1, -0.05) is 11.6 Å². The number of fused-ring (bicyclic) bond motifs is 1. The first kappa shape index (κ1) is 15.0. The predicted octanol–water partition coefficient (Wildman–Crippen LogP) is -0.0482. The van der Waals surface area contributed by atoms with Crippen molar-refractivity contribution in [3.63, 3.8) is 0 Å². The van der Waals surface area contributed by atoms with Crippen LogP contribution >= 0.6 is 11.6 Å². The molecule has 0 aliphatic heterocycles. The maximum absolute atomic E-state index is 12.2. The first-order valence-electron chi connectivity index (χ1n) is 6.45. The lowest BCUT2D eigenvalue weighted by Gasteiger charge is -2.07. The molecule has 23 heavy (non-hydrogen) atoms. The van der Waals surface area contributed by atoms with Gasteiger partial charge in [0.05, 0.1) is 5.69 Å². The maximum atomic E-state index is 12.2. The van der Waals surface area contributed by atoms with Gasteiger partial charge in [-0.05, 0) is 24.3 Å². The van der Waals surface area contributed by atoms with Crippen LogP contribution in [-0.2, 0) is 14.1 Å². The van der Waals surface area contributed by atoms with E-state index in [-0.39, 0.29) is 16.8 Å². The topological polar surface area (TPSA) is 107 Å². The third kappa shape index (κ3) is 2.40. The molecule has 118 valence electrons. The molecule has 0 spiro atoms. The van der Waals surface area contributed by atoms with Gasteiger partial charge in [0.2, 0.25) is 0 Å². The zero-order valence-electron chi connectivity index (χ0n) is 12.1. The Morgan fingerprint density at radius 2 is 1.74 bits per heavy atom. The maximum Gasteiger partial charge on any atom is 0.332 e. The molecule has 3 rings (SSSR count). The third-order valence-corrected chi connectivity index (χ3v) is 3.55. The summed E-state index contributed by atoms with van der Waals surface area (Å²) >= 11 is 5.79. The predicted molar refractivity (Wildman–Crippen MR) is 81.9 cm³/mol. The van der Waals surface area contributed by atoms with Crippen molar-refractivity contribution in [2.75, 3.05) is 0 Å². The molecule has 9 nitrogen and oxygen atoms in total. The highest BCUT2D eigenvalue weighted by atomic mass is 35.5. The van der Waals surface area contributed by atoms with Crippen LogP contribution in [-0.4, -0.2) is 29.3 Å². The van der Waals surface area contributed by atoms with Gasteiger partial charge in [0.1, 0.15) is 0 Å². The monoisotopic (exact) mass is 334 g/mol. The molecule has 2 heterocycles. The molecule has 1 N–H and O–H groups in total. The van der Waals surface area contributed by atoms with E-state index in [9.17, 15) is 14.8 Å². The number of hydrogen-bond acceptors (Lipinski definition) is 6. The molecular weight excluding hydrogens is 324 g/mol. The highest BCUT2D eigenvalue weighted by Crippen LogP contribution is 2.15. The van der Waals surface area contributed by atoms with Gasteiger partial charge in [-0.3, -0.25) is 13.9 Å². The van der Waals surface area contributed by atoms with Gasteiger partial charge in [-0.15, -0.1) is 14.9 Å². The fourth-order valence-corrected chi connectivity index (χ4v) is 2.18. The minimum Gasteiger partial charge on any atom is -0.425 e. The van der Waals surface area contributed by atoms with E-state index in [4.69, 9.17) is 11.6 Å². The van der Waals surface area contributed by atoms with Gasteiger partial charge in [0.25, 0.3) is 11.2 Å². The molecule has 0 aliphatic carbocycles. The highest BCUT2D eigenvalue weighted by Gasteiger charge is 2.14. The fraction of sp³-hybridized carbons (Fsp3) is 0.154. The second-order valence-corrected chi connectivity index (χ2v) is 5.21. The zero-order valence-corrected chi connectivity index (χ0v) is 12.9. The van der Waals surface area contributed by atoms with E-state index in [2.05, 4.69) is 15.2 Å². The van der Waals surface area contributed by atoms with Crippen molar-refractivity contribution in [2.45, 2.75) is 0 Å². The lowest BCUT2D eigenvalue weighted by molar-refractivity contribution is 0.178. The van der Waals surface area contributed by atoms with Crippen molar-refractivity contribution in [1.82, 2.24) is 24.1 Å². The lowest BCUT2D eigenvalue weighted by atomic mass is 10.3. The van der Waals surface area contributed by atoms with Crippen molar-refractivity contribution in [3.8, 4) is 0 Å².